The van der Waals surface area contributed by atoms with Crippen LogP contribution in [0.3, 0.4) is 0 Å². The maximum atomic E-state index is 10.8. The lowest BCUT2D eigenvalue weighted by atomic mass is 10.1. The van der Waals surface area contributed by atoms with E-state index in [1.807, 2.05) is 0 Å². The molecule has 0 saturated heterocycles. The second-order valence-electron chi connectivity index (χ2n) is 2.56. The van der Waals surface area contributed by atoms with Crippen molar-refractivity contribution in [2.45, 2.75) is 6.92 Å². The molecule has 0 bridgehead atoms. The first-order chi connectivity index (χ1) is 6.02. The molecule has 0 fully saturated rings. The van der Waals surface area contributed by atoms with E-state index in [0.29, 0.717) is 5.56 Å². The zero-order valence-electron chi connectivity index (χ0n) is 6.87. The Kier molecular flexibility index (Phi) is 2.68. The molecule has 1 rings (SSSR count). The number of Topliss-reactive ketones (excluding diaryl/α,β-unsaturated/α-hetero) is 1. The largest absolute Gasteiger partial charge is 0.507 e. The number of ketones is 1. The van der Waals surface area contributed by atoms with E-state index < -0.39 is 5.24 Å². The third kappa shape index (κ3) is 2.06. The van der Waals surface area contributed by atoms with Gasteiger partial charge in [0.1, 0.15) is 5.75 Å². The van der Waals surface area contributed by atoms with Crippen molar-refractivity contribution in [3.8, 4) is 5.75 Å². The monoisotopic (exact) mass is 198 g/mol. The molecule has 0 aromatic heterocycles. The molecule has 13 heavy (non-hydrogen) atoms. The van der Waals surface area contributed by atoms with Gasteiger partial charge in [0.15, 0.2) is 5.78 Å². The van der Waals surface area contributed by atoms with Gasteiger partial charge in [-0.2, -0.15) is 0 Å². The van der Waals surface area contributed by atoms with E-state index in [9.17, 15) is 14.7 Å². The molecule has 3 nitrogen and oxygen atoms in total. The van der Waals surface area contributed by atoms with E-state index in [0.717, 1.165) is 0 Å². The van der Waals surface area contributed by atoms with E-state index >= 15 is 0 Å². The number of halogens is 1. The summed E-state index contributed by atoms with van der Waals surface area (Å²) in [5.41, 5.74) is 0.353. The highest BCUT2D eigenvalue weighted by molar-refractivity contribution is 6.68. The molecule has 1 aromatic carbocycles. The molecule has 1 aromatic rings. The van der Waals surface area contributed by atoms with Crippen molar-refractivity contribution in [3.63, 3.8) is 0 Å². The van der Waals surface area contributed by atoms with Crippen molar-refractivity contribution >= 4 is 22.6 Å². The van der Waals surface area contributed by atoms with Gasteiger partial charge >= 0.3 is 0 Å². The molecule has 0 aliphatic heterocycles. The minimum Gasteiger partial charge on any atom is -0.507 e. The van der Waals surface area contributed by atoms with Gasteiger partial charge in [-0.3, -0.25) is 9.59 Å². The van der Waals surface area contributed by atoms with Crippen LogP contribution in [0.2, 0.25) is 0 Å². The Morgan fingerprint density at radius 1 is 1.38 bits per heavy atom. The number of phenolic OH excluding ortho intramolecular Hbond substituents is 1. The van der Waals surface area contributed by atoms with Crippen molar-refractivity contribution in [2.75, 3.05) is 0 Å². The summed E-state index contributed by atoms with van der Waals surface area (Å²) in [6.45, 7) is 1.37. The number of aromatic hydroxyl groups is 1. The lowest BCUT2D eigenvalue weighted by molar-refractivity contribution is 0.101. The summed E-state index contributed by atoms with van der Waals surface area (Å²) in [5, 5.41) is 8.51. The van der Waals surface area contributed by atoms with E-state index in [-0.39, 0.29) is 17.1 Å². The van der Waals surface area contributed by atoms with Crippen molar-refractivity contribution in [3.05, 3.63) is 29.3 Å². The first kappa shape index (κ1) is 9.74. The van der Waals surface area contributed by atoms with Crippen LogP contribution in [0.1, 0.15) is 27.6 Å². The van der Waals surface area contributed by atoms with Crippen LogP contribution in [0.15, 0.2) is 18.2 Å². The fourth-order valence-corrected chi connectivity index (χ4v) is 1.08. The second-order valence-corrected chi connectivity index (χ2v) is 2.91. The number of hydrogen-bond acceptors (Lipinski definition) is 3. The summed E-state index contributed by atoms with van der Waals surface area (Å²) in [4.78, 5) is 21.5. The molecule has 0 radical (unpaired) electrons. The summed E-state index contributed by atoms with van der Waals surface area (Å²) >= 11 is 5.16. The molecule has 0 spiro atoms. The lowest BCUT2D eigenvalue weighted by Gasteiger charge is -2.00. The Hall–Kier alpha value is -1.35. The van der Waals surface area contributed by atoms with Crippen LogP contribution >= 0.6 is 11.6 Å². The van der Waals surface area contributed by atoms with Crippen LogP contribution in [-0.2, 0) is 0 Å². The van der Waals surface area contributed by atoms with Gasteiger partial charge in [-0.1, -0.05) is 6.07 Å². The maximum Gasteiger partial charge on any atom is 0.256 e. The zero-order chi connectivity index (χ0) is 10.0. The highest BCUT2D eigenvalue weighted by atomic mass is 35.5. The summed E-state index contributed by atoms with van der Waals surface area (Å²) in [5.74, 6) is -0.448. The van der Waals surface area contributed by atoms with Gasteiger partial charge < -0.3 is 5.11 Å². The highest BCUT2D eigenvalue weighted by Gasteiger charge is 2.09. The van der Waals surface area contributed by atoms with E-state index in [1.165, 1.54) is 25.1 Å². The zero-order valence-corrected chi connectivity index (χ0v) is 7.63. The van der Waals surface area contributed by atoms with Gasteiger partial charge in [0.05, 0.1) is 5.56 Å². The van der Waals surface area contributed by atoms with Crippen LogP contribution in [-0.4, -0.2) is 16.1 Å². The molecule has 0 heterocycles. The number of hydrogen-bond donors (Lipinski definition) is 1. The summed E-state index contributed by atoms with van der Waals surface area (Å²) in [6, 6.07) is 3.98. The molecule has 68 valence electrons. The molecule has 0 unspecified atom stereocenters. The Balaban J connectivity index is 3.20. The van der Waals surface area contributed by atoms with Crippen molar-refractivity contribution in [2.24, 2.45) is 0 Å². The number of carbonyl (C=O) groups excluding carboxylic acids is 2. The molecular weight excluding hydrogens is 192 g/mol. The maximum absolute atomic E-state index is 10.8. The van der Waals surface area contributed by atoms with Crippen LogP contribution in [0, 0.1) is 0 Å². The predicted molar refractivity (Wildman–Crippen MR) is 48.3 cm³/mol. The van der Waals surface area contributed by atoms with Gasteiger partial charge in [0.25, 0.3) is 5.24 Å². The van der Waals surface area contributed by atoms with Gasteiger partial charge in [-0.05, 0) is 30.7 Å². The van der Waals surface area contributed by atoms with Crippen LogP contribution in [0.25, 0.3) is 0 Å². The van der Waals surface area contributed by atoms with E-state index in [4.69, 9.17) is 11.6 Å². The quantitative estimate of drug-likeness (QED) is 0.584. The average molecular weight is 199 g/mol. The van der Waals surface area contributed by atoms with Crippen LogP contribution in [0.5, 0.6) is 5.75 Å². The SMILES string of the molecule is CC(=O)c1ccc(C(=O)Cl)c(O)c1. The number of carbonyl (C=O) groups is 2. The predicted octanol–water partition coefficient (Wildman–Crippen LogP) is 1.97. The van der Waals surface area contributed by atoms with Gasteiger partial charge in [0.2, 0.25) is 0 Å². The highest BCUT2D eigenvalue weighted by Crippen LogP contribution is 2.20. The third-order valence-electron chi connectivity index (χ3n) is 1.62. The topological polar surface area (TPSA) is 54.4 Å². The third-order valence-corrected chi connectivity index (χ3v) is 1.82. The van der Waals surface area contributed by atoms with E-state index in [1.54, 1.807) is 0 Å². The molecular formula is C9H7ClO3. The van der Waals surface area contributed by atoms with Crippen molar-refractivity contribution < 1.29 is 14.7 Å². The number of rotatable bonds is 2. The Bertz CT molecular complexity index is 371. The molecule has 0 amide bonds. The molecule has 4 heteroatoms. The van der Waals surface area contributed by atoms with Crippen LogP contribution < -0.4 is 0 Å². The fourth-order valence-electron chi connectivity index (χ4n) is 0.917. The number of benzene rings is 1. The van der Waals surface area contributed by atoms with Crippen molar-refractivity contribution in [1.29, 1.82) is 0 Å². The number of phenols is 1. The average Bonchev–Trinajstić information content (AvgIpc) is 2.03. The van der Waals surface area contributed by atoms with Crippen molar-refractivity contribution in [1.82, 2.24) is 0 Å². The minimum absolute atomic E-state index is 0.00617. The Labute approximate surface area is 79.9 Å². The fraction of sp³-hybridized carbons (Fsp3) is 0.111. The smallest absolute Gasteiger partial charge is 0.256 e. The Morgan fingerprint density at radius 3 is 2.38 bits per heavy atom. The first-order valence-electron chi connectivity index (χ1n) is 3.56. The molecule has 0 saturated carbocycles. The minimum atomic E-state index is -0.743. The normalized spacial score (nSPS) is 9.69. The van der Waals surface area contributed by atoms with Gasteiger partial charge in [-0.25, -0.2) is 0 Å². The van der Waals surface area contributed by atoms with E-state index in [2.05, 4.69) is 0 Å². The first-order valence-corrected chi connectivity index (χ1v) is 3.94. The summed E-state index contributed by atoms with van der Waals surface area (Å²) in [7, 11) is 0. The summed E-state index contributed by atoms with van der Waals surface area (Å²) in [6.07, 6.45) is 0. The van der Waals surface area contributed by atoms with Gasteiger partial charge in [0, 0.05) is 5.56 Å². The van der Waals surface area contributed by atoms with Gasteiger partial charge in [-0.15, -0.1) is 0 Å². The molecule has 0 aliphatic carbocycles. The second kappa shape index (κ2) is 3.58. The molecule has 0 atom stereocenters. The lowest BCUT2D eigenvalue weighted by Crippen LogP contribution is -1.95. The standard InChI is InChI=1S/C9H7ClO3/c1-5(11)6-2-3-7(9(10)13)8(12)4-6/h2-4,12H,1H3. The summed E-state index contributed by atoms with van der Waals surface area (Å²) < 4.78 is 0. The molecule has 1 N–H and O–H groups in total. The molecule has 0 aliphatic rings. The Morgan fingerprint density at radius 2 is 2.00 bits per heavy atom. The van der Waals surface area contributed by atoms with Crippen LogP contribution in [0.4, 0.5) is 0 Å².